The predicted octanol–water partition coefficient (Wildman–Crippen LogP) is 1.13. The summed E-state index contributed by atoms with van der Waals surface area (Å²) in [7, 11) is 0. The number of aromatic nitrogens is 6. The first-order valence-electron chi connectivity index (χ1n) is 8.67. The highest BCUT2D eigenvalue weighted by Gasteiger charge is 2.18. The van der Waals surface area contributed by atoms with Crippen molar-refractivity contribution >= 4 is 29.7 Å². The summed E-state index contributed by atoms with van der Waals surface area (Å²) in [4.78, 5) is 28.6. The number of fused-ring (bicyclic) bond motifs is 1. The van der Waals surface area contributed by atoms with Gasteiger partial charge in [0.1, 0.15) is 10.7 Å². The fourth-order valence-electron chi connectivity index (χ4n) is 2.70. The van der Waals surface area contributed by atoms with Gasteiger partial charge in [0.15, 0.2) is 0 Å². The van der Waals surface area contributed by atoms with E-state index in [9.17, 15) is 9.59 Å². The second-order valence-electron chi connectivity index (χ2n) is 6.07. The number of hydrogen-bond acceptors (Lipinski definition) is 8. The van der Waals surface area contributed by atoms with Gasteiger partial charge in [-0.3, -0.25) is 9.20 Å². The van der Waals surface area contributed by atoms with Crippen molar-refractivity contribution in [1.29, 1.82) is 0 Å². The number of primary amides is 1. The molecule has 0 unspecified atom stereocenters. The number of para-hydroxylation sites is 1. The van der Waals surface area contributed by atoms with Crippen LogP contribution in [0.3, 0.4) is 0 Å². The Balaban J connectivity index is 1.85. The molecule has 0 fully saturated rings. The van der Waals surface area contributed by atoms with Crippen molar-refractivity contribution in [2.75, 3.05) is 0 Å². The summed E-state index contributed by atoms with van der Waals surface area (Å²) in [6.07, 6.45) is 2.81. The lowest BCUT2D eigenvalue weighted by Crippen LogP contribution is -2.26. The smallest absolute Gasteiger partial charge is 0.332 e. The second-order valence-corrected chi connectivity index (χ2v) is 7.02. The molecule has 3 N–H and O–H groups in total. The Morgan fingerprint density at radius 1 is 1.23 bits per heavy atom. The quantitative estimate of drug-likeness (QED) is 0.279. The molecule has 3 heterocycles. The maximum absolute atomic E-state index is 13.1. The second kappa shape index (κ2) is 8.13. The van der Waals surface area contributed by atoms with Crippen LogP contribution in [0.2, 0.25) is 0 Å². The molecule has 150 valence electrons. The van der Waals surface area contributed by atoms with Gasteiger partial charge in [-0.15, -0.1) is 5.10 Å². The minimum absolute atomic E-state index is 0.152. The van der Waals surface area contributed by atoms with E-state index in [-0.39, 0.29) is 11.1 Å². The maximum Gasteiger partial charge on any atom is 0.332 e. The normalized spacial score (nSPS) is 11.2. The number of rotatable bonds is 5. The predicted molar refractivity (Wildman–Crippen MR) is 110 cm³/mol. The zero-order chi connectivity index (χ0) is 21.1. The molecule has 30 heavy (non-hydrogen) atoms. The third-order valence-electron chi connectivity index (χ3n) is 4.05. The number of urea groups is 1. The Hall–Kier alpha value is -4.06. The number of nitrogens with two attached hydrogens (primary N) is 1. The molecule has 0 saturated heterocycles. The molecule has 12 heteroatoms. The molecule has 0 aliphatic heterocycles. The van der Waals surface area contributed by atoms with Gasteiger partial charge in [0.2, 0.25) is 5.16 Å². The molecule has 0 atom stereocenters. The highest BCUT2D eigenvalue weighted by atomic mass is 32.2. The average molecular weight is 421 g/mol. The lowest BCUT2D eigenvalue weighted by Gasteiger charge is -2.09. The van der Waals surface area contributed by atoms with Gasteiger partial charge in [-0.2, -0.15) is 9.78 Å². The van der Waals surface area contributed by atoms with Crippen LogP contribution in [0.5, 0.6) is 0 Å². The summed E-state index contributed by atoms with van der Waals surface area (Å²) >= 11 is 1.11. The molecule has 2 amide bonds. The summed E-state index contributed by atoms with van der Waals surface area (Å²) in [6, 6.07) is 12.1. The van der Waals surface area contributed by atoms with E-state index in [1.807, 2.05) is 43.3 Å². The number of benzene rings is 1. The summed E-state index contributed by atoms with van der Waals surface area (Å²) in [5.41, 5.74) is 8.97. The number of hydrogen-bond donors (Lipinski definition) is 2. The van der Waals surface area contributed by atoms with E-state index in [1.54, 1.807) is 12.3 Å². The van der Waals surface area contributed by atoms with Gasteiger partial charge in [0.25, 0.3) is 5.56 Å². The third kappa shape index (κ3) is 3.75. The summed E-state index contributed by atoms with van der Waals surface area (Å²) in [5, 5.41) is 16.3. The molecule has 11 nitrogen and oxygen atoms in total. The Bertz CT molecular complexity index is 1310. The number of aryl methyl sites for hydroxylation is 1. The summed E-state index contributed by atoms with van der Waals surface area (Å²) in [5.74, 6) is 0. The minimum atomic E-state index is -0.849. The van der Waals surface area contributed by atoms with Crippen LogP contribution in [0.25, 0.3) is 11.3 Å². The number of pyridine rings is 1. The zero-order valence-corrected chi connectivity index (χ0v) is 16.4. The minimum Gasteiger partial charge on any atom is -0.350 e. The zero-order valence-electron chi connectivity index (χ0n) is 15.6. The number of tetrazole rings is 1. The van der Waals surface area contributed by atoms with Crippen molar-refractivity contribution in [3.8, 4) is 5.69 Å². The monoisotopic (exact) mass is 421 g/mol. The van der Waals surface area contributed by atoms with Gasteiger partial charge >= 0.3 is 6.03 Å². The Morgan fingerprint density at radius 2 is 2.03 bits per heavy atom. The Labute approximate surface area is 173 Å². The molecule has 4 rings (SSSR count). The molecule has 3 aromatic heterocycles. The first-order valence-corrected chi connectivity index (χ1v) is 9.48. The fourth-order valence-corrected chi connectivity index (χ4v) is 3.56. The van der Waals surface area contributed by atoms with Crippen LogP contribution in [0, 0.1) is 6.92 Å². The Morgan fingerprint density at radius 3 is 2.80 bits per heavy atom. The first-order chi connectivity index (χ1) is 14.5. The van der Waals surface area contributed by atoms with Crippen molar-refractivity contribution in [1.82, 2.24) is 35.0 Å². The van der Waals surface area contributed by atoms with Gasteiger partial charge in [0.05, 0.1) is 17.5 Å². The largest absolute Gasteiger partial charge is 0.350 e. The SMILES string of the molecule is Cc1cccn2c(=O)c(C=NNC(N)=O)c(Sc3nnnn3-c3ccccc3)nc12. The summed E-state index contributed by atoms with van der Waals surface area (Å²) in [6.45, 7) is 1.85. The molecule has 0 saturated carbocycles. The average Bonchev–Trinajstić information content (AvgIpc) is 3.20. The van der Waals surface area contributed by atoms with E-state index in [2.05, 4.69) is 31.0 Å². The lowest BCUT2D eigenvalue weighted by molar-refractivity contribution is 0.249. The third-order valence-corrected chi connectivity index (χ3v) is 4.99. The van der Waals surface area contributed by atoms with Crippen molar-refractivity contribution in [2.45, 2.75) is 17.1 Å². The number of carbonyl (C=O) groups is 1. The highest BCUT2D eigenvalue weighted by molar-refractivity contribution is 7.99. The number of amides is 2. The van der Waals surface area contributed by atoms with E-state index >= 15 is 0 Å². The molecule has 4 aromatic rings. The van der Waals surface area contributed by atoms with E-state index in [0.29, 0.717) is 15.8 Å². The fraction of sp³-hybridized carbons (Fsp3) is 0.0556. The topological polar surface area (TPSA) is 145 Å². The van der Waals surface area contributed by atoms with Crippen molar-refractivity contribution < 1.29 is 4.79 Å². The van der Waals surface area contributed by atoms with Gasteiger partial charge in [0, 0.05) is 6.20 Å². The molecule has 0 aliphatic carbocycles. The van der Waals surface area contributed by atoms with Gasteiger partial charge in [-0.1, -0.05) is 24.3 Å². The standard InChI is InChI=1S/C18H15N9O2S/c1-11-6-5-9-26-14(11)21-15(13(16(26)28)10-20-22-17(19)29)30-18-23-24-25-27(18)12-7-3-2-4-8-12/h2-10H,1H3,(H3,19,22,29). The number of hydrazone groups is 1. The van der Waals surface area contributed by atoms with Crippen molar-refractivity contribution in [3.05, 3.63) is 70.1 Å². The number of nitrogens with one attached hydrogen (secondary N) is 1. The Kier molecular flexibility index (Phi) is 5.22. The van der Waals surface area contributed by atoms with E-state index < -0.39 is 6.03 Å². The van der Waals surface area contributed by atoms with Crippen LogP contribution in [0.15, 0.2) is 68.7 Å². The number of nitrogens with zero attached hydrogens (tertiary/aromatic N) is 7. The lowest BCUT2D eigenvalue weighted by atomic mass is 10.3. The van der Waals surface area contributed by atoms with E-state index in [1.165, 1.54) is 15.3 Å². The highest BCUT2D eigenvalue weighted by Crippen LogP contribution is 2.27. The van der Waals surface area contributed by atoms with Crippen molar-refractivity contribution in [3.63, 3.8) is 0 Å². The van der Waals surface area contributed by atoms with Gasteiger partial charge in [-0.05, 0) is 52.9 Å². The van der Waals surface area contributed by atoms with Crippen LogP contribution in [-0.2, 0) is 0 Å². The molecule has 0 aliphatic rings. The first kappa shape index (κ1) is 19.3. The van der Waals surface area contributed by atoms with Crippen LogP contribution in [0.4, 0.5) is 4.79 Å². The van der Waals surface area contributed by atoms with E-state index in [0.717, 1.165) is 23.0 Å². The van der Waals surface area contributed by atoms with Crippen LogP contribution >= 0.6 is 11.8 Å². The van der Waals surface area contributed by atoms with E-state index in [4.69, 9.17) is 5.73 Å². The molecular formula is C18H15N9O2S. The molecule has 0 bridgehead atoms. The van der Waals surface area contributed by atoms with Crippen LogP contribution in [-0.4, -0.2) is 41.8 Å². The molecular weight excluding hydrogens is 406 g/mol. The van der Waals surface area contributed by atoms with Gasteiger partial charge < -0.3 is 5.73 Å². The van der Waals surface area contributed by atoms with Crippen LogP contribution < -0.4 is 16.7 Å². The summed E-state index contributed by atoms with van der Waals surface area (Å²) < 4.78 is 2.94. The van der Waals surface area contributed by atoms with Crippen molar-refractivity contribution in [2.24, 2.45) is 10.8 Å². The van der Waals surface area contributed by atoms with Crippen LogP contribution in [0.1, 0.15) is 11.1 Å². The molecule has 1 aromatic carbocycles. The number of carbonyl (C=O) groups excluding carboxylic acids is 1. The maximum atomic E-state index is 13.1. The molecule has 0 radical (unpaired) electrons. The van der Waals surface area contributed by atoms with Gasteiger partial charge in [-0.25, -0.2) is 15.2 Å². The molecule has 0 spiro atoms.